The molecule has 0 saturated carbocycles. The molecule has 1 aliphatic rings. The van der Waals surface area contributed by atoms with Crippen LogP contribution in [0.2, 0.25) is 10.0 Å². The van der Waals surface area contributed by atoms with Gasteiger partial charge in [-0.1, -0.05) is 29.8 Å². The van der Waals surface area contributed by atoms with E-state index in [1.807, 2.05) is 0 Å². The molecule has 0 spiro atoms. The van der Waals surface area contributed by atoms with Gasteiger partial charge in [0, 0.05) is 28.5 Å². The average Bonchev–Trinajstić information content (AvgIpc) is 3.22. The summed E-state index contributed by atoms with van der Waals surface area (Å²) in [5.74, 6) is 0.125. The minimum Gasteiger partial charge on any atom is -0.495 e. The quantitative estimate of drug-likeness (QED) is 0.420. The molecule has 0 unspecified atom stereocenters. The molecule has 0 aliphatic heterocycles. The fraction of sp³-hybridized carbons (Fsp3) is 0.250. The Bertz CT molecular complexity index is 1210. The largest absolute Gasteiger partial charge is 0.495 e. The normalized spacial score (nSPS) is 15.0. The van der Waals surface area contributed by atoms with Crippen LogP contribution in [0.5, 0.6) is 11.5 Å². The van der Waals surface area contributed by atoms with Crippen LogP contribution in [-0.4, -0.2) is 30.3 Å². The van der Waals surface area contributed by atoms with Crippen molar-refractivity contribution >= 4 is 34.8 Å². The molecule has 0 bridgehead atoms. The van der Waals surface area contributed by atoms with Crippen LogP contribution in [0.25, 0.3) is 11.3 Å². The maximum absolute atomic E-state index is 13.9. The molecule has 1 aliphatic carbocycles. The second-order valence-corrected chi connectivity index (χ2v) is 8.43. The maximum Gasteiger partial charge on any atom is 0.247 e. The second-order valence-electron chi connectivity index (χ2n) is 7.68. The lowest BCUT2D eigenvalue weighted by Gasteiger charge is -2.26. The molecule has 1 aromatic heterocycles. The van der Waals surface area contributed by atoms with Crippen molar-refractivity contribution in [2.75, 3.05) is 19.5 Å². The number of rotatable bonds is 6. The van der Waals surface area contributed by atoms with E-state index in [1.54, 1.807) is 26.4 Å². The number of benzene rings is 2. The SMILES string of the molecule is C=CC(=O)Nc1cc(F)ccc1-c1n[nH]c2c1CC[C@@H](c1c(Cl)c(OC)cc(OC)c1Cl)C2. The van der Waals surface area contributed by atoms with E-state index in [-0.39, 0.29) is 5.92 Å². The standard InChI is InChI=1S/C24H22Cl2FN3O3/c1-4-20(31)28-16-10-13(27)6-8-14(16)24-15-7-5-12(9-17(15)29-30-24)21-22(25)18(32-2)11-19(33-3)23(21)26/h4,6,8,10-12H,1,5,7,9H2,2-3H3,(H,28,31)(H,29,30)/t12-/m1/s1. The molecule has 1 amide bonds. The summed E-state index contributed by atoms with van der Waals surface area (Å²) in [7, 11) is 3.09. The number of nitrogens with zero attached hydrogens (tertiary/aromatic N) is 1. The molecule has 4 rings (SSSR count). The first kappa shape index (κ1) is 23.1. The highest BCUT2D eigenvalue weighted by Gasteiger charge is 2.31. The molecular formula is C24H22Cl2FN3O3. The van der Waals surface area contributed by atoms with Gasteiger partial charge in [-0.05, 0) is 49.5 Å². The van der Waals surface area contributed by atoms with Gasteiger partial charge in [-0.2, -0.15) is 5.10 Å². The second kappa shape index (κ2) is 9.45. The summed E-state index contributed by atoms with van der Waals surface area (Å²) in [6, 6.07) is 5.89. The van der Waals surface area contributed by atoms with Crippen molar-refractivity contribution in [2.45, 2.75) is 25.2 Å². The molecule has 172 valence electrons. The number of nitrogens with one attached hydrogen (secondary N) is 2. The molecule has 9 heteroatoms. The highest BCUT2D eigenvalue weighted by atomic mass is 35.5. The van der Waals surface area contributed by atoms with E-state index in [9.17, 15) is 9.18 Å². The Kier molecular flexibility index (Phi) is 6.63. The third-order valence-corrected chi connectivity index (χ3v) is 6.62. The van der Waals surface area contributed by atoms with E-state index < -0.39 is 11.7 Å². The third-order valence-electron chi connectivity index (χ3n) is 5.84. The van der Waals surface area contributed by atoms with Crippen LogP contribution in [-0.2, 0) is 17.6 Å². The minimum absolute atomic E-state index is 0.0166. The van der Waals surface area contributed by atoms with Gasteiger partial charge >= 0.3 is 0 Å². The summed E-state index contributed by atoms with van der Waals surface area (Å²) >= 11 is 13.3. The van der Waals surface area contributed by atoms with E-state index in [2.05, 4.69) is 22.1 Å². The fourth-order valence-electron chi connectivity index (χ4n) is 4.25. The topological polar surface area (TPSA) is 76.2 Å². The van der Waals surface area contributed by atoms with Crippen molar-refractivity contribution in [3.8, 4) is 22.8 Å². The van der Waals surface area contributed by atoms with Gasteiger partial charge in [-0.15, -0.1) is 0 Å². The van der Waals surface area contributed by atoms with Crippen LogP contribution in [0.3, 0.4) is 0 Å². The number of H-pyrrole nitrogens is 1. The van der Waals surface area contributed by atoms with Crippen LogP contribution in [0.4, 0.5) is 10.1 Å². The van der Waals surface area contributed by atoms with Gasteiger partial charge in [0.25, 0.3) is 0 Å². The van der Waals surface area contributed by atoms with Gasteiger partial charge in [-0.25, -0.2) is 4.39 Å². The first-order valence-corrected chi connectivity index (χ1v) is 11.0. The van der Waals surface area contributed by atoms with Crippen LogP contribution < -0.4 is 14.8 Å². The van der Waals surface area contributed by atoms with Crippen LogP contribution >= 0.6 is 23.2 Å². The number of fused-ring (bicyclic) bond motifs is 1. The number of hydrogen-bond acceptors (Lipinski definition) is 4. The molecule has 6 nitrogen and oxygen atoms in total. The molecule has 1 atom stereocenters. The number of hydrogen-bond donors (Lipinski definition) is 2. The van der Waals surface area contributed by atoms with Crippen LogP contribution in [0, 0.1) is 5.82 Å². The van der Waals surface area contributed by atoms with Crippen molar-refractivity contribution in [3.05, 3.63) is 69.6 Å². The predicted octanol–water partition coefficient (Wildman–Crippen LogP) is 5.94. The third kappa shape index (κ3) is 4.30. The zero-order chi connectivity index (χ0) is 23.7. The highest BCUT2D eigenvalue weighted by Crippen LogP contribution is 2.48. The summed E-state index contributed by atoms with van der Waals surface area (Å²) in [6.45, 7) is 3.45. The maximum atomic E-state index is 13.9. The molecule has 2 N–H and O–H groups in total. The van der Waals surface area contributed by atoms with E-state index in [1.165, 1.54) is 12.1 Å². The number of ether oxygens (including phenoxy) is 2. The number of carbonyl (C=O) groups is 1. The van der Waals surface area contributed by atoms with Crippen molar-refractivity contribution in [2.24, 2.45) is 0 Å². The number of aromatic nitrogens is 2. The van der Waals surface area contributed by atoms with E-state index in [0.29, 0.717) is 51.3 Å². The molecular weight excluding hydrogens is 468 g/mol. The Morgan fingerprint density at radius 2 is 1.94 bits per heavy atom. The number of amides is 1. The summed E-state index contributed by atoms with van der Waals surface area (Å²) in [4.78, 5) is 11.8. The summed E-state index contributed by atoms with van der Waals surface area (Å²) in [6.07, 6.45) is 3.19. The lowest BCUT2D eigenvalue weighted by atomic mass is 9.81. The molecule has 2 aromatic carbocycles. The van der Waals surface area contributed by atoms with E-state index in [4.69, 9.17) is 32.7 Å². The molecule has 1 heterocycles. The van der Waals surface area contributed by atoms with Gasteiger partial charge in [0.05, 0.1) is 35.6 Å². The Balaban J connectivity index is 1.71. The first-order chi connectivity index (χ1) is 15.9. The lowest BCUT2D eigenvalue weighted by molar-refractivity contribution is -0.111. The Morgan fingerprint density at radius 3 is 2.58 bits per heavy atom. The van der Waals surface area contributed by atoms with Crippen LogP contribution in [0.1, 0.15) is 29.2 Å². The Morgan fingerprint density at radius 1 is 1.24 bits per heavy atom. The van der Waals surface area contributed by atoms with Crippen LogP contribution in [0.15, 0.2) is 36.9 Å². The fourth-order valence-corrected chi connectivity index (χ4v) is 5.06. The molecule has 33 heavy (non-hydrogen) atoms. The number of carbonyl (C=O) groups excluding carboxylic acids is 1. The molecule has 3 aromatic rings. The van der Waals surface area contributed by atoms with Crippen molar-refractivity contribution in [3.63, 3.8) is 0 Å². The van der Waals surface area contributed by atoms with Gasteiger partial charge in [0.2, 0.25) is 5.91 Å². The minimum atomic E-state index is -0.459. The first-order valence-electron chi connectivity index (χ1n) is 10.3. The number of halogens is 3. The summed E-state index contributed by atoms with van der Waals surface area (Å²) in [5.41, 5.74) is 4.34. The Hall–Kier alpha value is -3.03. The molecule has 0 saturated heterocycles. The molecule has 0 fully saturated rings. The summed E-state index contributed by atoms with van der Waals surface area (Å²) < 4.78 is 24.7. The number of anilines is 1. The van der Waals surface area contributed by atoms with Crippen molar-refractivity contribution in [1.82, 2.24) is 10.2 Å². The zero-order valence-corrected chi connectivity index (χ0v) is 19.6. The van der Waals surface area contributed by atoms with E-state index in [0.717, 1.165) is 29.3 Å². The average molecular weight is 490 g/mol. The van der Waals surface area contributed by atoms with Crippen molar-refractivity contribution < 1.29 is 18.7 Å². The van der Waals surface area contributed by atoms with E-state index >= 15 is 0 Å². The predicted molar refractivity (Wildman–Crippen MR) is 127 cm³/mol. The lowest BCUT2D eigenvalue weighted by Crippen LogP contribution is -2.14. The Labute approximate surface area is 200 Å². The van der Waals surface area contributed by atoms with Gasteiger partial charge in [-0.3, -0.25) is 9.89 Å². The zero-order valence-electron chi connectivity index (χ0n) is 18.1. The van der Waals surface area contributed by atoms with Gasteiger partial charge in [0.1, 0.15) is 17.3 Å². The monoisotopic (exact) mass is 489 g/mol. The smallest absolute Gasteiger partial charge is 0.247 e. The van der Waals surface area contributed by atoms with Gasteiger partial charge < -0.3 is 14.8 Å². The van der Waals surface area contributed by atoms with Crippen molar-refractivity contribution in [1.29, 1.82) is 0 Å². The summed E-state index contributed by atoms with van der Waals surface area (Å²) in [5, 5.41) is 11.2. The number of aromatic amines is 1. The number of methoxy groups -OCH3 is 2. The van der Waals surface area contributed by atoms with Gasteiger partial charge in [0.15, 0.2) is 0 Å². The highest BCUT2D eigenvalue weighted by molar-refractivity contribution is 6.38. The molecule has 0 radical (unpaired) electrons.